The van der Waals surface area contributed by atoms with Gasteiger partial charge in [0.15, 0.2) is 5.13 Å². The van der Waals surface area contributed by atoms with Crippen LogP contribution in [-0.4, -0.2) is 51.9 Å². The summed E-state index contributed by atoms with van der Waals surface area (Å²) in [4.78, 5) is 28.8. The van der Waals surface area contributed by atoms with Crippen LogP contribution in [0.3, 0.4) is 0 Å². The number of rotatable bonds is 8. The smallest absolute Gasteiger partial charge is 0.267 e. The lowest BCUT2D eigenvalue weighted by molar-refractivity contribution is 0.103. The van der Waals surface area contributed by atoms with Crippen LogP contribution in [0.25, 0.3) is 0 Å². The fraction of sp³-hybridized carbons (Fsp3) is 0.391. The molecule has 8 nitrogen and oxygen atoms in total. The number of benzene rings is 1. The number of amides is 1. The third-order valence-electron chi connectivity index (χ3n) is 5.72. The van der Waals surface area contributed by atoms with E-state index >= 15 is 0 Å². The van der Waals surface area contributed by atoms with Crippen molar-refractivity contribution in [2.24, 2.45) is 0 Å². The Kier molecular flexibility index (Phi) is 7.42. The zero-order valence-electron chi connectivity index (χ0n) is 19.0. The topological polar surface area (TPSA) is 95.1 Å². The van der Waals surface area contributed by atoms with Gasteiger partial charge in [-0.3, -0.25) is 4.79 Å². The van der Waals surface area contributed by atoms with Gasteiger partial charge in [0.1, 0.15) is 22.3 Å². The van der Waals surface area contributed by atoms with Gasteiger partial charge in [0.2, 0.25) is 0 Å². The molecule has 3 N–H and O–H groups in total. The second-order valence-electron chi connectivity index (χ2n) is 8.22. The minimum Gasteiger partial charge on any atom is -0.370 e. The fourth-order valence-electron chi connectivity index (χ4n) is 3.94. The number of para-hydroxylation sites is 1. The van der Waals surface area contributed by atoms with Crippen molar-refractivity contribution >= 4 is 51.3 Å². The molecule has 1 unspecified atom stereocenters. The molecule has 3 aromatic rings. The predicted octanol–water partition coefficient (Wildman–Crippen LogP) is 5.10. The van der Waals surface area contributed by atoms with E-state index in [1.807, 2.05) is 32.0 Å². The first kappa shape index (κ1) is 23.4. The van der Waals surface area contributed by atoms with Gasteiger partial charge in [-0.25, -0.2) is 15.0 Å². The van der Waals surface area contributed by atoms with E-state index in [2.05, 4.69) is 42.8 Å². The maximum atomic E-state index is 12.7. The minimum atomic E-state index is -0.255. The van der Waals surface area contributed by atoms with E-state index in [0.717, 1.165) is 24.3 Å². The summed E-state index contributed by atoms with van der Waals surface area (Å²) in [5.74, 6) is 1.81. The van der Waals surface area contributed by atoms with E-state index in [9.17, 15) is 4.79 Å². The largest absolute Gasteiger partial charge is 0.370 e. The van der Waals surface area contributed by atoms with Crippen LogP contribution in [0.15, 0.2) is 30.5 Å². The van der Waals surface area contributed by atoms with Gasteiger partial charge in [-0.2, -0.15) is 0 Å². The maximum absolute atomic E-state index is 12.7. The SMILES string of the molecule is Cc1nc(NCCC2CCCN2C)cc(Nc2ncc(C(=O)Nc3c(C)cccc3Cl)s2)n1. The molecule has 4 rings (SSSR count). The summed E-state index contributed by atoms with van der Waals surface area (Å²) < 4.78 is 0. The van der Waals surface area contributed by atoms with Crippen LogP contribution in [0, 0.1) is 13.8 Å². The summed E-state index contributed by atoms with van der Waals surface area (Å²) in [6.07, 6.45) is 5.15. The molecule has 1 aliphatic heterocycles. The second-order valence-corrected chi connectivity index (χ2v) is 9.66. The molecule has 174 valence electrons. The lowest BCUT2D eigenvalue weighted by Gasteiger charge is -2.19. The number of carbonyl (C=O) groups excluding carboxylic acids is 1. The number of hydrogen-bond acceptors (Lipinski definition) is 8. The number of nitrogens with zero attached hydrogens (tertiary/aromatic N) is 4. The van der Waals surface area contributed by atoms with Crippen molar-refractivity contribution < 1.29 is 4.79 Å². The van der Waals surface area contributed by atoms with Gasteiger partial charge in [0, 0.05) is 18.7 Å². The molecular formula is C23H28ClN7OS. The number of halogens is 1. The molecule has 3 heterocycles. The van der Waals surface area contributed by atoms with E-state index in [1.165, 1.54) is 30.7 Å². The second kappa shape index (κ2) is 10.5. The molecule has 1 aliphatic rings. The molecule has 33 heavy (non-hydrogen) atoms. The minimum absolute atomic E-state index is 0.255. The molecule has 0 radical (unpaired) electrons. The Morgan fingerprint density at radius 1 is 1.27 bits per heavy atom. The Balaban J connectivity index is 1.37. The molecule has 1 atom stereocenters. The van der Waals surface area contributed by atoms with Crippen molar-refractivity contribution in [3.05, 3.63) is 51.7 Å². The molecule has 1 fully saturated rings. The van der Waals surface area contributed by atoms with Gasteiger partial charge in [-0.1, -0.05) is 35.1 Å². The van der Waals surface area contributed by atoms with E-state index in [4.69, 9.17) is 11.6 Å². The van der Waals surface area contributed by atoms with Crippen LogP contribution >= 0.6 is 22.9 Å². The van der Waals surface area contributed by atoms with Gasteiger partial charge in [0.05, 0.1) is 16.9 Å². The number of thiazole rings is 1. The number of carbonyl (C=O) groups is 1. The summed E-state index contributed by atoms with van der Waals surface area (Å²) in [7, 11) is 2.19. The monoisotopic (exact) mass is 485 g/mol. The number of nitrogens with one attached hydrogen (secondary N) is 3. The molecule has 1 amide bonds. The van der Waals surface area contributed by atoms with Gasteiger partial charge in [-0.15, -0.1) is 0 Å². The average molecular weight is 486 g/mol. The Hall–Kier alpha value is -2.75. The number of likely N-dealkylation sites (tertiary alicyclic amines) is 1. The highest BCUT2D eigenvalue weighted by Crippen LogP contribution is 2.28. The van der Waals surface area contributed by atoms with Crippen molar-refractivity contribution in [2.45, 2.75) is 39.2 Å². The predicted molar refractivity (Wildman–Crippen MR) is 135 cm³/mol. The normalized spacial score (nSPS) is 16.1. The Morgan fingerprint density at radius 2 is 2.09 bits per heavy atom. The highest BCUT2D eigenvalue weighted by molar-refractivity contribution is 7.17. The fourth-order valence-corrected chi connectivity index (χ4v) is 4.93. The number of hydrogen-bond donors (Lipinski definition) is 3. The molecule has 0 spiro atoms. The zero-order valence-corrected chi connectivity index (χ0v) is 20.6. The molecule has 0 aliphatic carbocycles. The summed E-state index contributed by atoms with van der Waals surface area (Å²) in [5, 5.41) is 10.5. The molecule has 0 saturated carbocycles. The van der Waals surface area contributed by atoms with Crippen molar-refractivity contribution in [2.75, 3.05) is 36.1 Å². The van der Waals surface area contributed by atoms with Crippen molar-refractivity contribution in [1.82, 2.24) is 19.9 Å². The molecule has 0 bridgehead atoms. The molecular weight excluding hydrogens is 458 g/mol. The highest BCUT2D eigenvalue weighted by atomic mass is 35.5. The Bertz CT molecular complexity index is 1120. The van der Waals surface area contributed by atoms with Gasteiger partial charge in [-0.05, 0) is 58.3 Å². The summed E-state index contributed by atoms with van der Waals surface area (Å²) >= 11 is 7.47. The third kappa shape index (κ3) is 5.98. The van der Waals surface area contributed by atoms with E-state index in [1.54, 1.807) is 12.3 Å². The standard InChI is InChI=1S/C23H28ClN7OS/c1-14-6-4-8-17(24)21(14)30-22(32)18-13-26-23(33-18)29-20-12-19(27-15(2)28-20)25-10-9-16-7-5-11-31(16)3/h4,6,8,12-13,16H,5,7,9-11H2,1-3H3,(H,30,32)(H2,25,26,27,28,29). The first-order valence-corrected chi connectivity index (χ1v) is 12.2. The first-order chi connectivity index (χ1) is 15.9. The van der Waals surface area contributed by atoms with Crippen LogP contribution in [0.4, 0.5) is 22.5 Å². The van der Waals surface area contributed by atoms with E-state index < -0.39 is 0 Å². The molecule has 1 aromatic carbocycles. The van der Waals surface area contributed by atoms with Gasteiger partial charge >= 0.3 is 0 Å². The Morgan fingerprint density at radius 3 is 2.85 bits per heavy atom. The highest BCUT2D eigenvalue weighted by Gasteiger charge is 2.20. The van der Waals surface area contributed by atoms with Crippen LogP contribution in [-0.2, 0) is 0 Å². The van der Waals surface area contributed by atoms with Gasteiger partial charge < -0.3 is 20.9 Å². The van der Waals surface area contributed by atoms with Crippen LogP contribution in [0.2, 0.25) is 5.02 Å². The van der Waals surface area contributed by atoms with Crippen LogP contribution in [0.5, 0.6) is 0 Å². The molecule has 10 heteroatoms. The van der Waals surface area contributed by atoms with Gasteiger partial charge in [0.25, 0.3) is 5.91 Å². The molecule has 2 aromatic heterocycles. The van der Waals surface area contributed by atoms with Crippen molar-refractivity contribution in [1.29, 1.82) is 0 Å². The van der Waals surface area contributed by atoms with Crippen LogP contribution in [0.1, 0.15) is 40.3 Å². The number of anilines is 4. The van der Waals surface area contributed by atoms with E-state index in [0.29, 0.717) is 38.4 Å². The average Bonchev–Trinajstić information content (AvgIpc) is 3.39. The zero-order chi connectivity index (χ0) is 23.4. The first-order valence-electron chi connectivity index (χ1n) is 11.0. The lowest BCUT2D eigenvalue weighted by atomic mass is 10.1. The summed E-state index contributed by atoms with van der Waals surface area (Å²) in [5.41, 5.74) is 1.51. The Labute approximate surface area is 202 Å². The number of aromatic nitrogens is 3. The van der Waals surface area contributed by atoms with Crippen LogP contribution < -0.4 is 16.0 Å². The number of aryl methyl sites for hydroxylation is 2. The van der Waals surface area contributed by atoms with Crippen molar-refractivity contribution in [3.63, 3.8) is 0 Å². The molecule has 1 saturated heterocycles. The van der Waals surface area contributed by atoms with Crippen molar-refractivity contribution in [3.8, 4) is 0 Å². The lowest BCUT2D eigenvalue weighted by Crippen LogP contribution is -2.27. The summed E-state index contributed by atoms with van der Waals surface area (Å²) in [6, 6.07) is 7.99. The summed E-state index contributed by atoms with van der Waals surface area (Å²) in [6.45, 7) is 5.79. The van der Waals surface area contributed by atoms with E-state index in [-0.39, 0.29) is 5.91 Å². The maximum Gasteiger partial charge on any atom is 0.267 e. The third-order valence-corrected chi connectivity index (χ3v) is 6.94. The quantitative estimate of drug-likeness (QED) is 0.408.